The summed E-state index contributed by atoms with van der Waals surface area (Å²) in [6.45, 7) is 8.26. The van der Waals surface area contributed by atoms with Gasteiger partial charge in [0.25, 0.3) is 0 Å². The fourth-order valence-corrected chi connectivity index (χ4v) is 0.749. The zero-order valence-electron chi connectivity index (χ0n) is 8.26. The molecule has 0 aromatic heterocycles. The Kier molecular flexibility index (Phi) is 4.24. The van der Waals surface area contributed by atoms with E-state index in [1.165, 1.54) is 0 Å². The van der Waals surface area contributed by atoms with E-state index in [0.717, 1.165) is 0 Å². The highest BCUT2D eigenvalue weighted by atomic mass is 16.5. The SMILES string of the molecule is C[C@@H](COC(C)(C)C)CC(=O)O. The maximum absolute atomic E-state index is 10.3. The van der Waals surface area contributed by atoms with Crippen molar-refractivity contribution in [2.45, 2.75) is 39.7 Å². The molecule has 0 aromatic carbocycles. The molecule has 0 fully saturated rings. The molecular formula is C9H18O3. The van der Waals surface area contributed by atoms with Crippen molar-refractivity contribution < 1.29 is 14.6 Å². The van der Waals surface area contributed by atoms with E-state index in [0.29, 0.717) is 6.61 Å². The van der Waals surface area contributed by atoms with Crippen LogP contribution in [0.1, 0.15) is 34.1 Å². The van der Waals surface area contributed by atoms with Gasteiger partial charge in [-0.15, -0.1) is 0 Å². The lowest BCUT2D eigenvalue weighted by Gasteiger charge is -2.21. The van der Waals surface area contributed by atoms with Crippen molar-refractivity contribution in [3.63, 3.8) is 0 Å². The van der Waals surface area contributed by atoms with Crippen LogP contribution in [-0.4, -0.2) is 23.3 Å². The minimum absolute atomic E-state index is 0.0849. The lowest BCUT2D eigenvalue weighted by molar-refractivity contribution is -0.139. The van der Waals surface area contributed by atoms with Gasteiger partial charge in [0.2, 0.25) is 0 Å². The molecule has 0 aliphatic rings. The highest BCUT2D eigenvalue weighted by Crippen LogP contribution is 2.11. The van der Waals surface area contributed by atoms with Gasteiger partial charge in [0.15, 0.2) is 0 Å². The molecule has 1 atom stereocenters. The third-order valence-corrected chi connectivity index (χ3v) is 1.32. The van der Waals surface area contributed by atoms with Crippen molar-refractivity contribution in [2.24, 2.45) is 5.92 Å². The predicted molar refractivity (Wildman–Crippen MR) is 47.1 cm³/mol. The van der Waals surface area contributed by atoms with Crippen molar-refractivity contribution in [3.8, 4) is 0 Å². The number of rotatable bonds is 4. The molecular weight excluding hydrogens is 156 g/mol. The van der Waals surface area contributed by atoms with E-state index in [-0.39, 0.29) is 17.9 Å². The monoisotopic (exact) mass is 174 g/mol. The highest BCUT2D eigenvalue weighted by Gasteiger charge is 2.14. The fourth-order valence-electron chi connectivity index (χ4n) is 0.749. The second kappa shape index (κ2) is 4.45. The number of hydrogen-bond donors (Lipinski definition) is 1. The molecule has 0 aromatic rings. The molecule has 0 aliphatic heterocycles. The Morgan fingerprint density at radius 3 is 2.33 bits per heavy atom. The van der Waals surface area contributed by atoms with Crippen molar-refractivity contribution in [2.75, 3.05) is 6.61 Å². The van der Waals surface area contributed by atoms with Crippen LogP contribution >= 0.6 is 0 Å². The van der Waals surface area contributed by atoms with Gasteiger partial charge in [-0.3, -0.25) is 4.79 Å². The van der Waals surface area contributed by atoms with Gasteiger partial charge < -0.3 is 9.84 Å². The zero-order chi connectivity index (χ0) is 9.78. The standard InChI is InChI=1S/C9H18O3/c1-7(5-8(10)11)6-12-9(2,3)4/h7H,5-6H2,1-4H3,(H,10,11)/t7-/m1/s1. The first-order valence-corrected chi connectivity index (χ1v) is 4.17. The molecule has 0 rings (SSSR count). The van der Waals surface area contributed by atoms with Gasteiger partial charge in [0, 0.05) is 0 Å². The number of carboxylic acid groups (broad SMARTS) is 1. The topological polar surface area (TPSA) is 46.5 Å². The number of hydrogen-bond acceptors (Lipinski definition) is 2. The first-order valence-electron chi connectivity index (χ1n) is 4.17. The molecule has 0 saturated carbocycles. The van der Waals surface area contributed by atoms with Crippen molar-refractivity contribution in [1.82, 2.24) is 0 Å². The molecule has 3 nitrogen and oxygen atoms in total. The van der Waals surface area contributed by atoms with E-state index < -0.39 is 5.97 Å². The smallest absolute Gasteiger partial charge is 0.303 e. The Morgan fingerprint density at radius 1 is 1.50 bits per heavy atom. The first-order chi connectivity index (χ1) is 5.31. The second-order valence-corrected chi connectivity index (χ2v) is 4.13. The summed E-state index contributed by atoms with van der Waals surface area (Å²) in [6, 6.07) is 0. The summed E-state index contributed by atoms with van der Waals surface area (Å²) in [5.41, 5.74) is -0.174. The van der Waals surface area contributed by atoms with Crippen molar-refractivity contribution in [3.05, 3.63) is 0 Å². The van der Waals surface area contributed by atoms with Crippen LogP contribution in [0.25, 0.3) is 0 Å². The highest BCUT2D eigenvalue weighted by molar-refractivity contribution is 5.66. The van der Waals surface area contributed by atoms with Gasteiger partial charge in [-0.25, -0.2) is 0 Å². The molecule has 0 saturated heterocycles. The predicted octanol–water partition coefficient (Wildman–Crippen LogP) is 1.91. The first kappa shape index (κ1) is 11.4. The summed E-state index contributed by atoms with van der Waals surface area (Å²) >= 11 is 0. The Morgan fingerprint density at radius 2 is 2.00 bits per heavy atom. The largest absolute Gasteiger partial charge is 0.481 e. The molecule has 72 valence electrons. The molecule has 3 heteroatoms. The van der Waals surface area contributed by atoms with Crippen LogP contribution in [0.15, 0.2) is 0 Å². The van der Waals surface area contributed by atoms with Crippen LogP contribution in [0.4, 0.5) is 0 Å². The van der Waals surface area contributed by atoms with Gasteiger partial charge in [0.05, 0.1) is 18.6 Å². The van der Waals surface area contributed by atoms with Gasteiger partial charge in [-0.1, -0.05) is 6.92 Å². The molecule has 0 bridgehead atoms. The van der Waals surface area contributed by atoms with Gasteiger partial charge in [0.1, 0.15) is 0 Å². The Balaban J connectivity index is 3.57. The zero-order valence-corrected chi connectivity index (χ0v) is 8.26. The summed E-state index contributed by atoms with van der Waals surface area (Å²) in [5, 5.41) is 8.46. The average molecular weight is 174 g/mol. The van der Waals surface area contributed by atoms with E-state index in [2.05, 4.69) is 0 Å². The molecule has 0 radical (unpaired) electrons. The molecule has 0 spiro atoms. The van der Waals surface area contributed by atoms with Crippen LogP contribution in [0, 0.1) is 5.92 Å². The number of carbonyl (C=O) groups is 1. The number of aliphatic carboxylic acids is 1. The van der Waals surface area contributed by atoms with Gasteiger partial charge >= 0.3 is 5.97 Å². The van der Waals surface area contributed by atoms with Crippen molar-refractivity contribution in [1.29, 1.82) is 0 Å². The lowest BCUT2D eigenvalue weighted by atomic mass is 10.1. The molecule has 0 aliphatic carbocycles. The summed E-state index contributed by atoms with van der Waals surface area (Å²) < 4.78 is 5.43. The van der Waals surface area contributed by atoms with Crippen LogP contribution < -0.4 is 0 Å². The molecule has 0 heterocycles. The molecule has 0 unspecified atom stereocenters. The van der Waals surface area contributed by atoms with Crippen LogP contribution in [0.5, 0.6) is 0 Å². The van der Waals surface area contributed by atoms with E-state index in [1.54, 1.807) is 0 Å². The number of ether oxygens (including phenoxy) is 1. The van der Waals surface area contributed by atoms with Gasteiger partial charge in [-0.2, -0.15) is 0 Å². The van der Waals surface area contributed by atoms with Gasteiger partial charge in [-0.05, 0) is 26.7 Å². The minimum Gasteiger partial charge on any atom is -0.481 e. The van der Waals surface area contributed by atoms with Crippen LogP contribution in [0.2, 0.25) is 0 Å². The maximum Gasteiger partial charge on any atom is 0.303 e. The number of carboxylic acids is 1. The Bertz CT molecular complexity index is 146. The van der Waals surface area contributed by atoms with E-state index >= 15 is 0 Å². The summed E-state index contributed by atoms with van der Waals surface area (Å²) in [4.78, 5) is 10.3. The quantitative estimate of drug-likeness (QED) is 0.708. The van der Waals surface area contributed by atoms with E-state index in [1.807, 2.05) is 27.7 Å². The summed E-state index contributed by atoms with van der Waals surface area (Å²) in [6.07, 6.45) is 0.177. The average Bonchev–Trinajstić information content (AvgIpc) is 1.80. The lowest BCUT2D eigenvalue weighted by Crippen LogP contribution is -2.23. The maximum atomic E-state index is 10.3. The molecule has 0 amide bonds. The Labute approximate surface area is 73.7 Å². The minimum atomic E-state index is -0.764. The molecule has 1 N–H and O–H groups in total. The normalized spacial score (nSPS) is 14.3. The second-order valence-electron chi connectivity index (χ2n) is 4.13. The third kappa shape index (κ3) is 7.54. The molecule has 12 heavy (non-hydrogen) atoms. The van der Waals surface area contributed by atoms with Crippen LogP contribution in [-0.2, 0) is 9.53 Å². The van der Waals surface area contributed by atoms with E-state index in [9.17, 15) is 4.79 Å². The van der Waals surface area contributed by atoms with E-state index in [4.69, 9.17) is 9.84 Å². The van der Waals surface area contributed by atoms with Crippen LogP contribution in [0.3, 0.4) is 0 Å². The fraction of sp³-hybridized carbons (Fsp3) is 0.889. The third-order valence-electron chi connectivity index (χ3n) is 1.32. The summed E-state index contributed by atoms with van der Waals surface area (Å²) in [5.74, 6) is -0.679. The van der Waals surface area contributed by atoms with Crippen molar-refractivity contribution >= 4 is 5.97 Å². The Hall–Kier alpha value is -0.570. The summed E-state index contributed by atoms with van der Waals surface area (Å²) in [7, 11) is 0.